The van der Waals surface area contributed by atoms with Crippen molar-refractivity contribution in [1.82, 2.24) is 9.78 Å². The first-order valence-corrected chi connectivity index (χ1v) is 6.75. The van der Waals surface area contributed by atoms with Gasteiger partial charge in [-0.05, 0) is 23.1 Å². The number of carbonyl (C=O) groups is 1. The maximum atomic E-state index is 12.3. The molecule has 6 nitrogen and oxygen atoms in total. The number of azide groups is 1. The molecule has 0 aliphatic heterocycles. The minimum absolute atomic E-state index is 0.0431. The van der Waals surface area contributed by atoms with Crippen LogP contribution in [-0.2, 0) is 0 Å². The monoisotopic (exact) mass is 281 g/mol. The molecular weight excluding hydrogens is 266 g/mol. The van der Waals surface area contributed by atoms with Gasteiger partial charge in [0.1, 0.15) is 0 Å². The highest BCUT2D eigenvalue weighted by Gasteiger charge is 2.42. The molecule has 6 heteroatoms. The molecule has 3 rings (SSSR count). The van der Waals surface area contributed by atoms with Crippen molar-refractivity contribution >= 4 is 5.78 Å². The Kier molecular flexibility index (Phi) is 3.03. The maximum Gasteiger partial charge on any atom is 0.166 e. The number of rotatable bonds is 2. The number of fused-ring (bicyclic) bond motifs is 1. The van der Waals surface area contributed by atoms with Gasteiger partial charge in [-0.3, -0.25) is 4.79 Å². The number of Topliss-reactive ketones (excluding diaryl/α,β-unsaturated/α-hetero) is 1. The minimum atomic E-state index is -0.428. The highest BCUT2D eigenvalue weighted by molar-refractivity contribution is 5.99. The third-order valence-electron chi connectivity index (χ3n) is 3.89. The van der Waals surface area contributed by atoms with Crippen LogP contribution in [0.4, 0.5) is 0 Å². The van der Waals surface area contributed by atoms with E-state index in [0.29, 0.717) is 17.7 Å². The van der Waals surface area contributed by atoms with Gasteiger partial charge in [0.05, 0.1) is 29.2 Å². The average Bonchev–Trinajstić information content (AvgIpc) is 2.89. The van der Waals surface area contributed by atoms with Crippen LogP contribution < -0.4 is 0 Å². The number of nitrogens with zero attached hydrogens (tertiary/aromatic N) is 5. The summed E-state index contributed by atoms with van der Waals surface area (Å²) in [7, 11) is 0. The van der Waals surface area contributed by atoms with E-state index in [1.807, 2.05) is 44.2 Å². The summed E-state index contributed by atoms with van der Waals surface area (Å²) in [6, 6.07) is 9.13. The SMILES string of the molecule is CC1(C)CC(=O)c2cnn(-c3ccccc3)c2C1N=[N+]=[N-]. The Balaban J connectivity index is 2.25. The second kappa shape index (κ2) is 4.75. The van der Waals surface area contributed by atoms with Crippen LogP contribution in [0.3, 0.4) is 0 Å². The summed E-state index contributed by atoms with van der Waals surface area (Å²) < 4.78 is 1.70. The van der Waals surface area contributed by atoms with Gasteiger partial charge in [-0.1, -0.05) is 37.2 Å². The lowest BCUT2D eigenvalue weighted by Crippen LogP contribution is -2.31. The van der Waals surface area contributed by atoms with Crippen LogP contribution >= 0.6 is 0 Å². The molecule has 0 N–H and O–H groups in total. The topological polar surface area (TPSA) is 83.7 Å². The zero-order valence-electron chi connectivity index (χ0n) is 11.9. The van der Waals surface area contributed by atoms with Gasteiger partial charge < -0.3 is 0 Å². The maximum absolute atomic E-state index is 12.3. The van der Waals surface area contributed by atoms with Gasteiger partial charge in [-0.25, -0.2) is 4.68 Å². The van der Waals surface area contributed by atoms with Gasteiger partial charge in [-0.15, -0.1) is 0 Å². The van der Waals surface area contributed by atoms with Crippen LogP contribution in [0.2, 0.25) is 0 Å². The van der Waals surface area contributed by atoms with Crippen molar-refractivity contribution in [1.29, 1.82) is 0 Å². The average molecular weight is 281 g/mol. The van der Waals surface area contributed by atoms with Crippen LogP contribution in [0.25, 0.3) is 16.1 Å². The van der Waals surface area contributed by atoms with Crippen LogP contribution in [0.5, 0.6) is 0 Å². The number of aromatic nitrogens is 2. The third kappa shape index (κ3) is 2.10. The van der Waals surface area contributed by atoms with Crippen molar-refractivity contribution in [3.8, 4) is 5.69 Å². The second-order valence-electron chi connectivity index (χ2n) is 5.89. The van der Waals surface area contributed by atoms with Crippen LogP contribution in [-0.4, -0.2) is 15.6 Å². The van der Waals surface area contributed by atoms with E-state index in [-0.39, 0.29) is 5.78 Å². The smallest absolute Gasteiger partial charge is 0.166 e. The molecule has 0 fully saturated rings. The summed E-state index contributed by atoms with van der Waals surface area (Å²) >= 11 is 0. The summed E-state index contributed by atoms with van der Waals surface area (Å²) in [5.74, 6) is 0.0431. The molecule has 0 amide bonds. The largest absolute Gasteiger partial charge is 0.294 e. The van der Waals surface area contributed by atoms with Crippen molar-refractivity contribution in [2.24, 2.45) is 10.5 Å². The molecule has 21 heavy (non-hydrogen) atoms. The van der Waals surface area contributed by atoms with E-state index in [9.17, 15) is 4.79 Å². The Hall–Kier alpha value is -2.59. The first-order chi connectivity index (χ1) is 10.0. The molecule has 1 atom stereocenters. The van der Waals surface area contributed by atoms with E-state index in [2.05, 4.69) is 15.1 Å². The Labute approximate surface area is 122 Å². The molecule has 1 aliphatic carbocycles. The number of benzene rings is 1. The molecule has 0 bridgehead atoms. The summed E-state index contributed by atoms with van der Waals surface area (Å²) in [6.07, 6.45) is 1.92. The number of hydrogen-bond donors (Lipinski definition) is 0. The molecule has 0 spiro atoms. The molecule has 0 radical (unpaired) electrons. The molecule has 0 saturated heterocycles. The lowest BCUT2D eigenvalue weighted by atomic mass is 9.72. The van der Waals surface area contributed by atoms with Gasteiger partial charge in [0.15, 0.2) is 5.78 Å². The molecular formula is C15H15N5O. The molecule has 0 saturated carbocycles. The van der Waals surface area contributed by atoms with Crippen LogP contribution in [0.15, 0.2) is 41.6 Å². The van der Waals surface area contributed by atoms with E-state index in [0.717, 1.165) is 5.69 Å². The fourth-order valence-electron chi connectivity index (χ4n) is 2.85. The highest BCUT2D eigenvalue weighted by atomic mass is 16.1. The Morgan fingerprint density at radius 3 is 2.76 bits per heavy atom. The van der Waals surface area contributed by atoms with E-state index >= 15 is 0 Å². The van der Waals surface area contributed by atoms with Crippen LogP contribution in [0.1, 0.15) is 42.4 Å². The summed E-state index contributed by atoms with van der Waals surface area (Å²) in [5, 5.41) is 8.27. The summed E-state index contributed by atoms with van der Waals surface area (Å²) in [5.41, 5.74) is 10.5. The molecule has 1 heterocycles. The second-order valence-corrected chi connectivity index (χ2v) is 5.89. The van der Waals surface area contributed by atoms with Gasteiger partial charge in [0.2, 0.25) is 0 Å². The van der Waals surface area contributed by atoms with Crippen molar-refractivity contribution in [3.05, 3.63) is 58.2 Å². The summed E-state index contributed by atoms with van der Waals surface area (Å²) in [6.45, 7) is 3.88. The van der Waals surface area contributed by atoms with Crippen molar-refractivity contribution < 1.29 is 4.79 Å². The minimum Gasteiger partial charge on any atom is -0.294 e. The number of hydrogen-bond acceptors (Lipinski definition) is 3. The molecule has 106 valence electrons. The number of ketones is 1. The highest BCUT2D eigenvalue weighted by Crippen LogP contribution is 2.46. The van der Waals surface area contributed by atoms with Gasteiger partial charge in [-0.2, -0.15) is 5.10 Å². The van der Waals surface area contributed by atoms with E-state index < -0.39 is 11.5 Å². The normalized spacial score (nSPS) is 19.7. The molecule has 1 aliphatic rings. The first-order valence-electron chi connectivity index (χ1n) is 6.75. The molecule has 1 aromatic carbocycles. The quantitative estimate of drug-likeness (QED) is 0.476. The summed E-state index contributed by atoms with van der Waals surface area (Å²) in [4.78, 5) is 15.3. The van der Waals surface area contributed by atoms with Gasteiger partial charge in [0.25, 0.3) is 0 Å². The molecule has 1 unspecified atom stereocenters. The first kappa shape index (κ1) is 13.4. The third-order valence-corrected chi connectivity index (χ3v) is 3.89. The van der Waals surface area contributed by atoms with E-state index in [4.69, 9.17) is 5.53 Å². The predicted molar refractivity (Wildman–Crippen MR) is 78.2 cm³/mol. The van der Waals surface area contributed by atoms with Crippen LogP contribution in [0, 0.1) is 5.41 Å². The van der Waals surface area contributed by atoms with Crippen molar-refractivity contribution in [2.75, 3.05) is 0 Å². The van der Waals surface area contributed by atoms with Gasteiger partial charge in [0, 0.05) is 11.3 Å². The number of carbonyl (C=O) groups excluding carboxylic acids is 1. The lowest BCUT2D eigenvalue weighted by Gasteiger charge is -2.35. The fourth-order valence-corrected chi connectivity index (χ4v) is 2.85. The zero-order valence-corrected chi connectivity index (χ0v) is 11.9. The standard InChI is InChI=1S/C15H15N5O/c1-15(2)8-12(21)11-9-17-20(10-6-4-3-5-7-10)13(11)14(15)18-19-16/h3-7,9,14H,8H2,1-2H3. The molecule has 2 aromatic rings. The van der Waals surface area contributed by atoms with E-state index in [1.165, 1.54) is 0 Å². The predicted octanol–water partition coefficient (Wildman–Crippen LogP) is 3.84. The lowest BCUT2D eigenvalue weighted by molar-refractivity contribution is 0.0882. The molecule has 1 aromatic heterocycles. The Morgan fingerprint density at radius 2 is 2.10 bits per heavy atom. The van der Waals surface area contributed by atoms with Gasteiger partial charge >= 0.3 is 0 Å². The number of para-hydroxylation sites is 1. The van der Waals surface area contributed by atoms with Crippen molar-refractivity contribution in [3.63, 3.8) is 0 Å². The van der Waals surface area contributed by atoms with E-state index in [1.54, 1.807) is 10.9 Å². The Morgan fingerprint density at radius 1 is 1.38 bits per heavy atom. The Bertz CT molecular complexity index is 741. The zero-order chi connectivity index (χ0) is 15.0. The fraction of sp³-hybridized carbons (Fsp3) is 0.333. The van der Waals surface area contributed by atoms with Crippen molar-refractivity contribution in [2.45, 2.75) is 26.3 Å².